The van der Waals surface area contributed by atoms with Gasteiger partial charge in [-0.1, -0.05) is 31.9 Å². The normalized spacial score (nSPS) is 23.5. The van der Waals surface area contributed by atoms with Crippen LogP contribution in [0, 0.1) is 5.92 Å². The van der Waals surface area contributed by atoms with Crippen LogP contribution in [0.3, 0.4) is 0 Å². The van der Waals surface area contributed by atoms with Crippen LogP contribution >= 0.6 is 11.3 Å². The molecule has 1 aromatic carbocycles. The summed E-state index contributed by atoms with van der Waals surface area (Å²) in [6.45, 7) is 1.70. The summed E-state index contributed by atoms with van der Waals surface area (Å²) in [7, 11) is 0. The number of thiazole rings is 1. The van der Waals surface area contributed by atoms with Crippen LogP contribution < -0.4 is 10.6 Å². The highest BCUT2D eigenvalue weighted by Crippen LogP contribution is 2.38. The van der Waals surface area contributed by atoms with Crippen LogP contribution in [0.5, 0.6) is 0 Å². The molecule has 0 unspecified atom stereocenters. The van der Waals surface area contributed by atoms with E-state index in [-0.39, 0.29) is 18.4 Å². The Kier molecular flexibility index (Phi) is 4.77. The number of benzene rings is 1. The van der Waals surface area contributed by atoms with Crippen molar-refractivity contribution in [3.8, 4) is 11.3 Å². The number of carbonyl (C=O) groups excluding carboxylic acids is 3. The number of hydrogen-bond donors (Lipinski definition) is 2. The second-order valence-electron chi connectivity index (χ2n) is 8.28. The minimum Gasteiger partial charge on any atom is -0.325 e. The monoisotopic (exact) mass is 437 g/mol. The number of amides is 4. The van der Waals surface area contributed by atoms with Crippen molar-refractivity contribution in [2.45, 2.75) is 38.1 Å². The second kappa shape index (κ2) is 7.49. The smallest absolute Gasteiger partial charge is 0.325 e. The minimum absolute atomic E-state index is 0.0662. The first kappa shape index (κ1) is 19.7. The average Bonchev–Trinajstić information content (AvgIpc) is 3.41. The van der Waals surface area contributed by atoms with Gasteiger partial charge in [-0.2, -0.15) is 0 Å². The van der Waals surface area contributed by atoms with Crippen LogP contribution in [0.4, 0.5) is 10.5 Å². The number of imide groups is 1. The Balaban J connectivity index is 1.25. The van der Waals surface area contributed by atoms with Gasteiger partial charge < -0.3 is 10.6 Å². The van der Waals surface area contributed by atoms with Crippen molar-refractivity contribution in [3.63, 3.8) is 0 Å². The van der Waals surface area contributed by atoms with E-state index in [4.69, 9.17) is 0 Å². The van der Waals surface area contributed by atoms with Crippen molar-refractivity contribution < 1.29 is 14.4 Å². The van der Waals surface area contributed by atoms with E-state index in [0.29, 0.717) is 12.1 Å². The van der Waals surface area contributed by atoms with Gasteiger partial charge in [0, 0.05) is 29.0 Å². The molecular formula is C22H23N5O3S. The van der Waals surface area contributed by atoms with Gasteiger partial charge in [0.2, 0.25) is 5.91 Å². The number of carbonyl (C=O) groups is 3. The summed E-state index contributed by atoms with van der Waals surface area (Å²) in [6.07, 6.45) is 7.40. The molecule has 2 fully saturated rings. The number of nitrogens with zero attached hydrogens (tertiary/aromatic N) is 3. The Morgan fingerprint density at radius 1 is 1.29 bits per heavy atom. The molecule has 4 amide bonds. The molecule has 9 heteroatoms. The molecule has 2 atom stereocenters. The van der Waals surface area contributed by atoms with Crippen molar-refractivity contribution in [2.75, 3.05) is 11.9 Å². The van der Waals surface area contributed by atoms with Gasteiger partial charge in [0.15, 0.2) is 4.96 Å². The molecule has 0 bridgehead atoms. The van der Waals surface area contributed by atoms with Crippen LogP contribution in [0.2, 0.25) is 0 Å². The Morgan fingerprint density at radius 3 is 2.84 bits per heavy atom. The molecule has 1 aliphatic carbocycles. The fourth-order valence-corrected chi connectivity index (χ4v) is 5.27. The Labute approximate surface area is 183 Å². The number of urea groups is 1. The van der Waals surface area contributed by atoms with Crippen LogP contribution in [0.15, 0.2) is 42.0 Å². The van der Waals surface area contributed by atoms with Gasteiger partial charge in [-0.3, -0.25) is 18.9 Å². The number of nitrogens with one attached hydrogen (secondary N) is 2. The maximum Gasteiger partial charge on any atom is 0.325 e. The number of rotatable bonds is 4. The summed E-state index contributed by atoms with van der Waals surface area (Å²) in [5.74, 6) is -0.620. The molecular weight excluding hydrogens is 414 g/mol. The maximum atomic E-state index is 13.0. The van der Waals surface area contributed by atoms with E-state index < -0.39 is 17.5 Å². The van der Waals surface area contributed by atoms with Crippen LogP contribution in [-0.2, 0) is 9.59 Å². The predicted molar refractivity (Wildman–Crippen MR) is 118 cm³/mol. The highest BCUT2D eigenvalue weighted by atomic mass is 32.1. The molecule has 2 N–H and O–H groups in total. The summed E-state index contributed by atoms with van der Waals surface area (Å²) < 4.78 is 1.97. The average molecular weight is 438 g/mol. The third-order valence-electron chi connectivity index (χ3n) is 6.36. The second-order valence-corrected chi connectivity index (χ2v) is 9.16. The summed E-state index contributed by atoms with van der Waals surface area (Å²) in [4.78, 5) is 44.5. The zero-order chi connectivity index (χ0) is 21.6. The van der Waals surface area contributed by atoms with Gasteiger partial charge in [0.05, 0.1) is 5.69 Å². The quantitative estimate of drug-likeness (QED) is 0.611. The van der Waals surface area contributed by atoms with Crippen LogP contribution in [-0.4, -0.2) is 44.2 Å². The van der Waals surface area contributed by atoms with E-state index in [9.17, 15) is 14.4 Å². The fraction of sp³-hybridized carbons (Fsp3) is 0.364. The molecule has 160 valence electrons. The topological polar surface area (TPSA) is 95.8 Å². The first-order valence-electron chi connectivity index (χ1n) is 10.4. The first-order chi connectivity index (χ1) is 15.0. The lowest BCUT2D eigenvalue weighted by molar-refractivity contribution is -0.136. The van der Waals surface area contributed by atoms with Gasteiger partial charge in [-0.25, -0.2) is 9.78 Å². The minimum atomic E-state index is -0.852. The van der Waals surface area contributed by atoms with E-state index in [1.807, 2.05) is 41.2 Å². The van der Waals surface area contributed by atoms with Gasteiger partial charge in [-0.15, -0.1) is 11.3 Å². The zero-order valence-electron chi connectivity index (χ0n) is 17.1. The lowest BCUT2D eigenvalue weighted by Crippen LogP contribution is -2.54. The summed E-state index contributed by atoms with van der Waals surface area (Å²) >= 11 is 1.57. The molecule has 1 saturated heterocycles. The molecule has 1 spiro atoms. The number of anilines is 1. The molecule has 2 aromatic heterocycles. The molecule has 1 saturated carbocycles. The number of aromatic nitrogens is 2. The summed E-state index contributed by atoms with van der Waals surface area (Å²) in [5.41, 5.74) is 1.55. The SMILES string of the molecule is C[C@@H]1CCCC[C@@]12NC(=O)N(CC(=O)Nc1ccc(-c3cn4ccsc4n3)cc1)C2=O. The molecule has 8 nitrogen and oxygen atoms in total. The van der Waals surface area contributed by atoms with Gasteiger partial charge >= 0.3 is 6.03 Å². The molecule has 5 rings (SSSR count). The molecule has 1 aliphatic heterocycles. The van der Waals surface area contributed by atoms with Gasteiger partial charge in [-0.05, 0) is 30.9 Å². The Hall–Kier alpha value is -3.20. The highest BCUT2D eigenvalue weighted by Gasteiger charge is 2.55. The van der Waals surface area contributed by atoms with Crippen molar-refractivity contribution in [3.05, 3.63) is 42.0 Å². The number of fused-ring (bicyclic) bond motifs is 1. The molecule has 2 aliphatic rings. The Bertz CT molecular complexity index is 1140. The molecule has 0 radical (unpaired) electrons. The van der Waals surface area contributed by atoms with Crippen molar-refractivity contribution >= 4 is 39.8 Å². The van der Waals surface area contributed by atoms with Crippen molar-refractivity contribution in [1.29, 1.82) is 0 Å². The summed E-state index contributed by atoms with van der Waals surface area (Å²) in [6, 6.07) is 6.86. The van der Waals surface area contributed by atoms with E-state index in [2.05, 4.69) is 15.6 Å². The lowest BCUT2D eigenvalue weighted by atomic mass is 9.73. The molecule has 3 heterocycles. The van der Waals surface area contributed by atoms with Crippen LogP contribution in [0.25, 0.3) is 16.2 Å². The Morgan fingerprint density at radius 2 is 2.10 bits per heavy atom. The largest absolute Gasteiger partial charge is 0.325 e. The van der Waals surface area contributed by atoms with E-state index >= 15 is 0 Å². The van der Waals surface area contributed by atoms with E-state index in [1.165, 1.54) is 0 Å². The van der Waals surface area contributed by atoms with Gasteiger partial charge in [0.1, 0.15) is 12.1 Å². The zero-order valence-corrected chi connectivity index (χ0v) is 17.9. The predicted octanol–water partition coefficient (Wildman–Crippen LogP) is 3.50. The lowest BCUT2D eigenvalue weighted by Gasteiger charge is -2.36. The van der Waals surface area contributed by atoms with Crippen molar-refractivity contribution in [2.24, 2.45) is 5.92 Å². The van der Waals surface area contributed by atoms with Crippen molar-refractivity contribution in [1.82, 2.24) is 19.6 Å². The number of hydrogen-bond acceptors (Lipinski definition) is 5. The first-order valence-corrected chi connectivity index (χ1v) is 11.3. The number of imidazole rings is 1. The standard InChI is InChI=1S/C22H23N5O3S/c1-14-4-2-3-9-22(14)19(29)27(20(30)25-22)13-18(28)23-16-7-5-15(6-8-16)17-12-26-10-11-31-21(26)24-17/h5-8,10-12,14H,2-4,9,13H2,1H3,(H,23,28)(H,25,30)/t14-,22-/m1/s1. The van der Waals surface area contributed by atoms with Crippen LogP contribution in [0.1, 0.15) is 32.6 Å². The van der Waals surface area contributed by atoms with E-state index in [0.717, 1.165) is 40.4 Å². The fourth-order valence-electron chi connectivity index (χ4n) is 4.57. The molecule has 31 heavy (non-hydrogen) atoms. The highest BCUT2D eigenvalue weighted by molar-refractivity contribution is 7.15. The molecule has 3 aromatic rings. The van der Waals surface area contributed by atoms with E-state index in [1.54, 1.807) is 23.5 Å². The third kappa shape index (κ3) is 3.38. The van der Waals surface area contributed by atoms with Gasteiger partial charge in [0.25, 0.3) is 5.91 Å². The summed E-state index contributed by atoms with van der Waals surface area (Å²) in [5, 5.41) is 7.63. The third-order valence-corrected chi connectivity index (χ3v) is 7.13. The maximum absolute atomic E-state index is 13.0.